The second-order valence-corrected chi connectivity index (χ2v) is 11.2. The molecule has 1 heterocycles. The van der Waals surface area contributed by atoms with Crippen LogP contribution in [0.4, 0.5) is 0 Å². The Hall–Kier alpha value is -3.56. The van der Waals surface area contributed by atoms with Gasteiger partial charge in [-0.1, -0.05) is 67.1 Å². The Kier molecular flexibility index (Phi) is 9.94. The number of nitrogens with zero attached hydrogens (tertiary/aromatic N) is 1. The highest BCUT2D eigenvalue weighted by Crippen LogP contribution is 2.37. The van der Waals surface area contributed by atoms with Gasteiger partial charge in [0.05, 0.1) is 18.7 Å². The summed E-state index contributed by atoms with van der Waals surface area (Å²) in [5.41, 5.74) is 5.11. The molecule has 1 saturated heterocycles. The van der Waals surface area contributed by atoms with Crippen molar-refractivity contribution in [3.63, 3.8) is 0 Å². The quantitative estimate of drug-likeness (QED) is 0.250. The Bertz CT molecular complexity index is 1210. The zero-order valence-corrected chi connectivity index (χ0v) is 23.8. The van der Waals surface area contributed by atoms with Crippen LogP contribution in [0.5, 0.6) is 0 Å². The lowest BCUT2D eigenvalue weighted by molar-refractivity contribution is -0.174. The smallest absolute Gasteiger partial charge is 0.337 e. The van der Waals surface area contributed by atoms with Crippen molar-refractivity contribution in [1.29, 1.82) is 0 Å². The van der Waals surface area contributed by atoms with E-state index in [0.29, 0.717) is 18.4 Å². The first-order valence-corrected chi connectivity index (χ1v) is 14.6. The zero-order chi connectivity index (χ0) is 29.6. The maximum atomic E-state index is 14.6. The molecule has 1 aliphatic carbocycles. The molecule has 6 atom stereocenters. The number of benzene rings is 2. The number of nitrogens with two attached hydrogens (primary N) is 1. The van der Waals surface area contributed by atoms with Crippen molar-refractivity contribution in [3.05, 3.63) is 71.8 Å². The number of aryl methyl sites for hydroxylation is 1. The fourth-order valence-corrected chi connectivity index (χ4v) is 6.50. The molecule has 0 aromatic heterocycles. The van der Waals surface area contributed by atoms with Gasteiger partial charge < -0.3 is 25.8 Å². The van der Waals surface area contributed by atoms with E-state index in [0.717, 1.165) is 29.7 Å². The van der Waals surface area contributed by atoms with Gasteiger partial charge in [-0.15, -0.1) is 0 Å². The number of hydrogen-bond donors (Lipinski definition) is 3. The number of rotatable bonds is 13. The Morgan fingerprint density at radius 1 is 1.05 bits per heavy atom. The third-order valence-corrected chi connectivity index (χ3v) is 8.46. The number of ether oxygens (including phenoxy) is 1. The third-order valence-electron chi connectivity index (χ3n) is 8.46. The second kappa shape index (κ2) is 13.4. The largest absolute Gasteiger partial charge is 0.479 e. The molecule has 41 heavy (non-hydrogen) atoms. The number of carboxylic acid groups (broad SMARTS) is 1. The van der Waals surface area contributed by atoms with E-state index in [9.17, 15) is 24.3 Å². The van der Waals surface area contributed by atoms with Crippen LogP contribution >= 0.6 is 0 Å². The zero-order valence-electron chi connectivity index (χ0n) is 23.8. The Balaban J connectivity index is 1.87. The number of aliphatic carboxylic acids is 1. The average molecular weight is 564 g/mol. The molecule has 220 valence electrons. The van der Waals surface area contributed by atoms with E-state index in [1.807, 2.05) is 30.3 Å². The summed E-state index contributed by atoms with van der Waals surface area (Å²) in [7, 11) is 0. The summed E-state index contributed by atoms with van der Waals surface area (Å²) in [6, 6.07) is 15.0. The van der Waals surface area contributed by atoms with Crippen LogP contribution in [-0.2, 0) is 36.8 Å². The van der Waals surface area contributed by atoms with Gasteiger partial charge in [0.2, 0.25) is 11.4 Å². The molecule has 9 nitrogen and oxygen atoms in total. The normalized spacial score (nSPS) is 22.7. The number of Topliss-reactive ketones (excluding diaryl/α,β-unsaturated/α-hetero) is 1. The summed E-state index contributed by atoms with van der Waals surface area (Å²) in [5.74, 6) is -3.41. The number of hydrogen-bond acceptors (Lipinski definition) is 7. The molecule has 2 fully saturated rings. The molecule has 2 aromatic rings. The van der Waals surface area contributed by atoms with Crippen molar-refractivity contribution in [2.75, 3.05) is 6.61 Å². The van der Waals surface area contributed by atoms with Gasteiger partial charge in [-0.2, -0.15) is 0 Å². The van der Waals surface area contributed by atoms with Crippen molar-refractivity contribution >= 4 is 23.6 Å². The molecule has 1 unspecified atom stereocenters. The second-order valence-electron chi connectivity index (χ2n) is 11.2. The van der Waals surface area contributed by atoms with E-state index in [1.54, 1.807) is 37.3 Å². The van der Waals surface area contributed by atoms with Crippen LogP contribution < -0.4 is 11.1 Å². The number of esters is 1. The molecule has 0 bridgehead atoms. The summed E-state index contributed by atoms with van der Waals surface area (Å²) in [6.45, 7) is 3.10. The minimum Gasteiger partial charge on any atom is -0.479 e. The minimum atomic E-state index is -2.43. The van der Waals surface area contributed by atoms with Crippen molar-refractivity contribution in [1.82, 2.24) is 10.2 Å². The molecular formula is C32H41N3O6. The van der Waals surface area contributed by atoms with Crippen molar-refractivity contribution < 1.29 is 29.0 Å². The predicted molar refractivity (Wildman–Crippen MR) is 154 cm³/mol. The monoisotopic (exact) mass is 563 g/mol. The molecule has 1 saturated carbocycles. The molecule has 4 rings (SSSR count). The molecule has 4 N–H and O–H groups in total. The van der Waals surface area contributed by atoms with E-state index < -0.39 is 47.3 Å². The minimum absolute atomic E-state index is 0.0362. The molecule has 1 aliphatic heterocycles. The van der Waals surface area contributed by atoms with Gasteiger partial charge in [0.1, 0.15) is 6.04 Å². The Labute approximate surface area is 241 Å². The fourth-order valence-electron chi connectivity index (χ4n) is 6.50. The van der Waals surface area contributed by atoms with Gasteiger partial charge in [-0.25, -0.2) is 9.59 Å². The van der Waals surface area contributed by atoms with Crippen molar-refractivity contribution in [2.24, 2.45) is 11.7 Å². The average Bonchev–Trinajstić information content (AvgIpc) is 3.58. The highest BCUT2D eigenvalue weighted by Gasteiger charge is 2.59. The van der Waals surface area contributed by atoms with E-state index >= 15 is 0 Å². The van der Waals surface area contributed by atoms with Crippen LogP contribution in [0.1, 0.15) is 57.1 Å². The Morgan fingerprint density at radius 2 is 1.68 bits per heavy atom. The molecule has 2 aromatic carbocycles. The summed E-state index contributed by atoms with van der Waals surface area (Å²) in [5, 5.41) is 14.3. The molecule has 0 radical (unpaired) electrons. The SMILES string of the molecule is CCOC(=O)[C@H](CCc1ccccc1)N(C(=O)[C@@H]1C[C@@H]2CCC[C@@H]2N1)[C@](Cc1ccccc1)(C(=O)O)C(=O)C(C)N. The first kappa shape index (κ1) is 30.4. The lowest BCUT2D eigenvalue weighted by Crippen LogP contribution is -2.72. The van der Waals surface area contributed by atoms with Crippen LogP contribution in [0.15, 0.2) is 60.7 Å². The predicted octanol–water partition coefficient (Wildman–Crippen LogP) is 2.89. The number of carbonyl (C=O) groups is 4. The first-order chi connectivity index (χ1) is 19.7. The van der Waals surface area contributed by atoms with Crippen molar-refractivity contribution in [2.45, 2.75) is 88.5 Å². The molecule has 1 amide bonds. The maximum Gasteiger partial charge on any atom is 0.337 e. The summed E-state index contributed by atoms with van der Waals surface area (Å²) >= 11 is 0. The molecule has 0 spiro atoms. The van der Waals surface area contributed by atoms with Gasteiger partial charge >= 0.3 is 11.9 Å². The van der Waals surface area contributed by atoms with Crippen LogP contribution in [0.2, 0.25) is 0 Å². The highest BCUT2D eigenvalue weighted by atomic mass is 16.5. The lowest BCUT2D eigenvalue weighted by Gasteiger charge is -2.45. The standard InChI is InChI=1S/C32H41N3O6/c1-3-41-30(38)27(18-17-22-11-6-4-7-12-22)35(29(37)26-19-24-15-10-16-25(24)34-26)32(31(39)40,28(36)21(2)33)20-23-13-8-5-9-14-23/h4-9,11-14,21,24-27,34H,3,10,15-20,33H2,1-2H3,(H,39,40)/t21?,24-,25-,26-,27-,32-/m0/s1. The summed E-state index contributed by atoms with van der Waals surface area (Å²) in [6.07, 6.45) is 3.58. The van der Waals surface area contributed by atoms with Gasteiger partial charge in [0, 0.05) is 12.5 Å². The van der Waals surface area contributed by atoms with Crippen molar-refractivity contribution in [3.8, 4) is 0 Å². The number of fused-ring (bicyclic) bond motifs is 1. The van der Waals surface area contributed by atoms with Crippen LogP contribution in [0.3, 0.4) is 0 Å². The number of ketones is 1. The number of nitrogens with one attached hydrogen (secondary N) is 1. The summed E-state index contributed by atoms with van der Waals surface area (Å²) in [4.78, 5) is 56.8. The van der Waals surface area contributed by atoms with E-state index in [-0.39, 0.29) is 31.4 Å². The van der Waals surface area contributed by atoms with Gasteiger partial charge in [0.15, 0.2) is 5.78 Å². The number of carboxylic acids is 1. The lowest BCUT2D eigenvalue weighted by atomic mass is 9.79. The van der Waals surface area contributed by atoms with Crippen LogP contribution in [0, 0.1) is 5.92 Å². The van der Waals surface area contributed by atoms with E-state index in [1.165, 1.54) is 6.92 Å². The van der Waals surface area contributed by atoms with Gasteiger partial charge in [-0.3, -0.25) is 9.59 Å². The van der Waals surface area contributed by atoms with E-state index in [4.69, 9.17) is 10.5 Å². The van der Waals surface area contributed by atoms with Gasteiger partial charge in [0.25, 0.3) is 0 Å². The topological polar surface area (TPSA) is 139 Å². The highest BCUT2D eigenvalue weighted by molar-refractivity contribution is 6.13. The van der Waals surface area contributed by atoms with E-state index in [2.05, 4.69) is 5.32 Å². The number of carbonyl (C=O) groups excluding carboxylic acids is 3. The van der Waals surface area contributed by atoms with Crippen LogP contribution in [0.25, 0.3) is 0 Å². The Morgan fingerprint density at radius 3 is 2.24 bits per heavy atom. The fraction of sp³-hybridized carbons (Fsp3) is 0.500. The first-order valence-electron chi connectivity index (χ1n) is 14.6. The molecule has 9 heteroatoms. The molecular weight excluding hydrogens is 522 g/mol. The van der Waals surface area contributed by atoms with Crippen LogP contribution in [-0.4, -0.2) is 69.9 Å². The molecule has 2 aliphatic rings. The summed E-state index contributed by atoms with van der Waals surface area (Å²) < 4.78 is 5.44. The van der Waals surface area contributed by atoms with Gasteiger partial charge in [-0.05, 0) is 63.0 Å². The number of amides is 1. The maximum absolute atomic E-state index is 14.6. The third kappa shape index (κ3) is 6.52.